The van der Waals surface area contributed by atoms with Crippen molar-refractivity contribution in [2.45, 2.75) is 12.5 Å². The van der Waals surface area contributed by atoms with Gasteiger partial charge < -0.3 is 15.2 Å². The van der Waals surface area contributed by atoms with Crippen molar-refractivity contribution in [3.05, 3.63) is 36.0 Å². The third-order valence-corrected chi connectivity index (χ3v) is 3.56. The number of hydrogen-bond donors (Lipinski definition) is 2. The van der Waals surface area contributed by atoms with Crippen LogP contribution in [-0.4, -0.2) is 41.3 Å². The fraction of sp³-hybridized carbons (Fsp3) is 0.286. The summed E-state index contributed by atoms with van der Waals surface area (Å²) in [6.07, 6.45) is 2.47. The monoisotopic (exact) mass is 257 g/mol. The molecular formula is C14H15N3O2. The van der Waals surface area contributed by atoms with E-state index in [0.29, 0.717) is 18.5 Å². The Morgan fingerprint density at radius 2 is 2.26 bits per heavy atom. The predicted octanol–water partition coefficient (Wildman–Crippen LogP) is 1.13. The molecule has 2 aromatic rings. The fourth-order valence-electron chi connectivity index (χ4n) is 2.47. The molecule has 1 unspecified atom stereocenters. The van der Waals surface area contributed by atoms with E-state index in [0.717, 1.165) is 10.9 Å². The number of H-pyrrole nitrogens is 1. The van der Waals surface area contributed by atoms with Gasteiger partial charge in [0.15, 0.2) is 0 Å². The minimum Gasteiger partial charge on any atom is -0.361 e. The van der Waals surface area contributed by atoms with Crippen molar-refractivity contribution in [2.75, 3.05) is 13.6 Å². The Hall–Kier alpha value is -2.30. The van der Waals surface area contributed by atoms with Crippen LogP contribution in [0.1, 0.15) is 16.8 Å². The number of amides is 2. The number of aromatic amines is 1. The Balaban J connectivity index is 1.85. The zero-order valence-electron chi connectivity index (χ0n) is 10.6. The van der Waals surface area contributed by atoms with E-state index in [1.807, 2.05) is 18.2 Å². The summed E-state index contributed by atoms with van der Waals surface area (Å²) in [5.74, 6) is -0.228. The molecule has 0 spiro atoms. The van der Waals surface area contributed by atoms with Gasteiger partial charge in [0.25, 0.3) is 5.91 Å². The molecule has 0 aliphatic carbocycles. The van der Waals surface area contributed by atoms with Crippen molar-refractivity contribution < 1.29 is 9.59 Å². The van der Waals surface area contributed by atoms with Crippen LogP contribution in [0.4, 0.5) is 0 Å². The van der Waals surface area contributed by atoms with E-state index in [9.17, 15) is 9.59 Å². The standard InChI is InChI=1S/C14H15N3O2/c1-17-8-6-11(14(17)19)16-13(18)10-4-2-3-9-5-7-15-12(9)10/h2-5,7,11,15H,6,8H2,1H3,(H,16,18). The van der Waals surface area contributed by atoms with Gasteiger partial charge in [-0.05, 0) is 18.6 Å². The van der Waals surface area contributed by atoms with Crippen molar-refractivity contribution in [1.82, 2.24) is 15.2 Å². The zero-order chi connectivity index (χ0) is 13.4. The number of likely N-dealkylation sites (tertiary alicyclic amines) is 1. The molecule has 19 heavy (non-hydrogen) atoms. The van der Waals surface area contributed by atoms with Gasteiger partial charge in [0.05, 0.1) is 11.1 Å². The van der Waals surface area contributed by atoms with E-state index in [-0.39, 0.29) is 11.8 Å². The van der Waals surface area contributed by atoms with E-state index in [2.05, 4.69) is 10.3 Å². The number of nitrogens with zero attached hydrogens (tertiary/aromatic N) is 1. The third-order valence-electron chi connectivity index (χ3n) is 3.56. The first kappa shape index (κ1) is 11.8. The summed E-state index contributed by atoms with van der Waals surface area (Å²) in [6.45, 7) is 0.691. The first-order valence-corrected chi connectivity index (χ1v) is 6.29. The van der Waals surface area contributed by atoms with Gasteiger partial charge >= 0.3 is 0 Å². The normalized spacial score (nSPS) is 19.1. The van der Waals surface area contributed by atoms with Crippen molar-refractivity contribution in [3.63, 3.8) is 0 Å². The molecule has 1 fully saturated rings. The molecule has 1 aromatic heterocycles. The maximum absolute atomic E-state index is 12.3. The van der Waals surface area contributed by atoms with Crippen LogP contribution in [0.15, 0.2) is 30.5 Å². The maximum atomic E-state index is 12.3. The number of carbonyl (C=O) groups excluding carboxylic acids is 2. The first-order valence-electron chi connectivity index (χ1n) is 6.29. The highest BCUT2D eigenvalue weighted by Gasteiger charge is 2.30. The third kappa shape index (κ3) is 1.97. The number of para-hydroxylation sites is 1. The van der Waals surface area contributed by atoms with Crippen molar-refractivity contribution in [3.8, 4) is 0 Å². The lowest BCUT2D eigenvalue weighted by atomic mass is 10.1. The molecule has 5 nitrogen and oxygen atoms in total. The molecule has 1 atom stereocenters. The van der Waals surface area contributed by atoms with Crippen molar-refractivity contribution >= 4 is 22.7 Å². The highest BCUT2D eigenvalue weighted by atomic mass is 16.2. The van der Waals surface area contributed by atoms with Crippen LogP contribution in [0.25, 0.3) is 10.9 Å². The van der Waals surface area contributed by atoms with Gasteiger partial charge in [0, 0.05) is 25.2 Å². The van der Waals surface area contributed by atoms with Gasteiger partial charge in [-0.1, -0.05) is 12.1 Å². The SMILES string of the molecule is CN1CCC(NC(=O)c2cccc3cc[nH]c23)C1=O. The van der Waals surface area contributed by atoms with Crippen LogP contribution in [0.5, 0.6) is 0 Å². The highest BCUT2D eigenvalue weighted by molar-refractivity contribution is 6.07. The largest absolute Gasteiger partial charge is 0.361 e. The Morgan fingerprint density at radius 3 is 3.00 bits per heavy atom. The molecule has 0 bridgehead atoms. The number of fused-ring (bicyclic) bond motifs is 1. The fourth-order valence-corrected chi connectivity index (χ4v) is 2.47. The summed E-state index contributed by atoms with van der Waals surface area (Å²) in [4.78, 5) is 28.7. The summed E-state index contributed by atoms with van der Waals surface area (Å²) in [5, 5.41) is 3.80. The highest BCUT2D eigenvalue weighted by Crippen LogP contribution is 2.17. The molecule has 1 saturated heterocycles. The maximum Gasteiger partial charge on any atom is 0.254 e. The molecule has 1 aliphatic heterocycles. The number of likely N-dealkylation sites (N-methyl/N-ethyl adjacent to an activating group) is 1. The van der Waals surface area contributed by atoms with Crippen LogP contribution in [-0.2, 0) is 4.79 Å². The van der Waals surface area contributed by atoms with E-state index >= 15 is 0 Å². The molecule has 5 heteroatoms. The molecule has 2 amide bonds. The molecule has 0 saturated carbocycles. The Labute approximate surface area is 110 Å². The summed E-state index contributed by atoms with van der Waals surface area (Å²) >= 11 is 0. The number of aromatic nitrogens is 1. The molecule has 3 rings (SSSR count). The molecule has 0 radical (unpaired) electrons. The Morgan fingerprint density at radius 1 is 1.42 bits per heavy atom. The number of carbonyl (C=O) groups is 2. The smallest absolute Gasteiger partial charge is 0.254 e. The number of rotatable bonds is 2. The van der Waals surface area contributed by atoms with Crippen molar-refractivity contribution in [2.24, 2.45) is 0 Å². The average Bonchev–Trinajstić information content (AvgIpc) is 3.00. The van der Waals surface area contributed by atoms with E-state index in [1.54, 1.807) is 24.2 Å². The number of hydrogen-bond acceptors (Lipinski definition) is 2. The van der Waals surface area contributed by atoms with Gasteiger partial charge in [0.1, 0.15) is 6.04 Å². The van der Waals surface area contributed by atoms with Crippen LogP contribution in [0.2, 0.25) is 0 Å². The van der Waals surface area contributed by atoms with Crippen LogP contribution < -0.4 is 5.32 Å². The van der Waals surface area contributed by atoms with E-state index in [4.69, 9.17) is 0 Å². The van der Waals surface area contributed by atoms with Crippen LogP contribution in [0.3, 0.4) is 0 Å². The molecule has 2 heterocycles. The summed E-state index contributed by atoms with van der Waals surface area (Å²) in [6, 6.07) is 7.06. The summed E-state index contributed by atoms with van der Waals surface area (Å²) < 4.78 is 0. The quantitative estimate of drug-likeness (QED) is 0.847. The van der Waals surface area contributed by atoms with Gasteiger partial charge in [0.2, 0.25) is 5.91 Å². The van der Waals surface area contributed by atoms with E-state index < -0.39 is 6.04 Å². The first-order chi connectivity index (χ1) is 9.16. The lowest BCUT2D eigenvalue weighted by Gasteiger charge is -2.12. The summed E-state index contributed by atoms with van der Waals surface area (Å²) in [7, 11) is 1.75. The lowest BCUT2D eigenvalue weighted by Crippen LogP contribution is -2.40. The van der Waals surface area contributed by atoms with E-state index in [1.165, 1.54) is 0 Å². The zero-order valence-corrected chi connectivity index (χ0v) is 10.6. The summed E-state index contributed by atoms with van der Waals surface area (Å²) in [5.41, 5.74) is 1.38. The van der Waals surface area contributed by atoms with Gasteiger partial charge in [-0.25, -0.2) is 0 Å². The number of nitrogens with one attached hydrogen (secondary N) is 2. The van der Waals surface area contributed by atoms with Crippen molar-refractivity contribution in [1.29, 1.82) is 0 Å². The second kappa shape index (κ2) is 4.42. The molecular weight excluding hydrogens is 242 g/mol. The van der Waals surface area contributed by atoms with Gasteiger partial charge in [-0.2, -0.15) is 0 Å². The molecule has 2 N–H and O–H groups in total. The van der Waals surface area contributed by atoms with Gasteiger partial charge in [-0.15, -0.1) is 0 Å². The minimum absolute atomic E-state index is 0.0213. The minimum atomic E-state index is -0.400. The topological polar surface area (TPSA) is 65.2 Å². The second-order valence-electron chi connectivity index (χ2n) is 4.82. The predicted molar refractivity (Wildman–Crippen MR) is 71.8 cm³/mol. The Kier molecular flexibility index (Phi) is 2.74. The molecule has 1 aliphatic rings. The number of benzene rings is 1. The second-order valence-corrected chi connectivity index (χ2v) is 4.82. The molecule has 98 valence electrons. The Bertz CT molecular complexity index is 647. The molecule has 1 aromatic carbocycles. The van der Waals surface area contributed by atoms with Gasteiger partial charge in [-0.3, -0.25) is 9.59 Å². The van der Waals surface area contributed by atoms with Crippen LogP contribution in [0, 0.1) is 0 Å². The lowest BCUT2D eigenvalue weighted by molar-refractivity contribution is -0.128. The average molecular weight is 257 g/mol. The van der Waals surface area contributed by atoms with Crippen LogP contribution >= 0.6 is 0 Å².